The smallest absolute Gasteiger partial charge is 0.161 e. The molecule has 1 atom stereocenters. The number of hydrogen-bond acceptors (Lipinski definition) is 3. The highest BCUT2D eigenvalue weighted by Crippen LogP contribution is 2.37. The average molecular weight is 292 g/mol. The van der Waals surface area contributed by atoms with Crippen molar-refractivity contribution in [3.63, 3.8) is 0 Å². The topological polar surface area (TPSA) is 38.7 Å². The summed E-state index contributed by atoms with van der Waals surface area (Å²) < 4.78 is 11.5. The fourth-order valence-corrected chi connectivity index (χ4v) is 2.57. The maximum absolute atomic E-state index is 10.4. The summed E-state index contributed by atoms with van der Waals surface area (Å²) in [5.41, 5.74) is 0.942. The molecule has 118 valence electrons. The number of aliphatic hydroxyl groups excluding tert-OH is 1. The van der Waals surface area contributed by atoms with E-state index in [0.717, 1.165) is 36.3 Å². The maximum Gasteiger partial charge on any atom is 0.161 e. The monoisotopic (exact) mass is 292 g/mol. The summed E-state index contributed by atoms with van der Waals surface area (Å²) in [5.74, 6) is 2.23. The second-order valence-electron chi connectivity index (χ2n) is 5.95. The Bertz CT molecular complexity index is 426. The van der Waals surface area contributed by atoms with Gasteiger partial charge in [-0.25, -0.2) is 0 Å². The molecule has 0 bridgehead atoms. The van der Waals surface area contributed by atoms with Crippen LogP contribution in [-0.2, 0) is 0 Å². The molecule has 1 aliphatic rings. The molecule has 2 rings (SSSR count). The van der Waals surface area contributed by atoms with Gasteiger partial charge in [0, 0.05) is 0 Å². The number of benzene rings is 1. The van der Waals surface area contributed by atoms with Crippen molar-refractivity contribution in [3.8, 4) is 11.5 Å². The summed E-state index contributed by atoms with van der Waals surface area (Å²) in [4.78, 5) is 0. The lowest BCUT2D eigenvalue weighted by atomic mass is 9.80. The van der Waals surface area contributed by atoms with Crippen molar-refractivity contribution in [2.75, 3.05) is 13.2 Å². The molecule has 0 spiro atoms. The molecule has 3 nitrogen and oxygen atoms in total. The Morgan fingerprint density at radius 2 is 1.76 bits per heavy atom. The Hall–Kier alpha value is -1.22. The van der Waals surface area contributed by atoms with Crippen molar-refractivity contribution in [3.05, 3.63) is 23.8 Å². The molecule has 1 unspecified atom stereocenters. The summed E-state index contributed by atoms with van der Waals surface area (Å²) >= 11 is 0. The number of aliphatic hydroxyl groups is 1. The second-order valence-corrected chi connectivity index (χ2v) is 5.95. The van der Waals surface area contributed by atoms with E-state index in [1.807, 2.05) is 18.2 Å². The van der Waals surface area contributed by atoms with Gasteiger partial charge in [-0.15, -0.1) is 0 Å². The van der Waals surface area contributed by atoms with Crippen molar-refractivity contribution >= 4 is 0 Å². The molecule has 1 aromatic carbocycles. The van der Waals surface area contributed by atoms with E-state index in [4.69, 9.17) is 9.47 Å². The van der Waals surface area contributed by atoms with Crippen LogP contribution in [0.25, 0.3) is 0 Å². The Morgan fingerprint density at radius 3 is 2.33 bits per heavy atom. The first-order chi connectivity index (χ1) is 10.2. The Morgan fingerprint density at radius 1 is 1.10 bits per heavy atom. The summed E-state index contributed by atoms with van der Waals surface area (Å²) in [7, 11) is 0. The van der Waals surface area contributed by atoms with Crippen LogP contribution >= 0.6 is 0 Å². The molecule has 1 N–H and O–H groups in total. The Balaban J connectivity index is 2.06. The van der Waals surface area contributed by atoms with E-state index in [9.17, 15) is 5.11 Å². The normalized spacial score (nSPS) is 16.3. The van der Waals surface area contributed by atoms with Crippen LogP contribution < -0.4 is 9.47 Å². The quantitative estimate of drug-likeness (QED) is 0.729. The molecule has 0 heterocycles. The molecule has 1 aromatic rings. The van der Waals surface area contributed by atoms with Crippen molar-refractivity contribution < 1.29 is 14.6 Å². The van der Waals surface area contributed by atoms with Gasteiger partial charge in [-0.2, -0.15) is 0 Å². The van der Waals surface area contributed by atoms with Crippen LogP contribution in [0.2, 0.25) is 0 Å². The lowest BCUT2D eigenvalue weighted by Gasteiger charge is -2.27. The van der Waals surface area contributed by atoms with E-state index in [1.165, 1.54) is 19.3 Å². The predicted molar refractivity (Wildman–Crippen MR) is 84.9 cm³/mol. The van der Waals surface area contributed by atoms with Crippen LogP contribution in [0.3, 0.4) is 0 Å². The average Bonchev–Trinajstić information content (AvgIpc) is 2.46. The van der Waals surface area contributed by atoms with Gasteiger partial charge < -0.3 is 14.6 Å². The third kappa shape index (κ3) is 4.63. The summed E-state index contributed by atoms with van der Waals surface area (Å²) in [5, 5.41) is 10.4. The Kier molecular flexibility index (Phi) is 6.37. The fraction of sp³-hybridized carbons (Fsp3) is 0.667. The van der Waals surface area contributed by atoms with Gasteiger partial charge in [0.2, 0.25) is 0 Å². The molecule has 1 fully saturated rings. The number of ether oxygens (including phenoxy) is 2. The standard InChI is InChI=1S/C18H28O3/c1-3-10-20-17-9-8-15(13-18(17)21-11-4-2)16(19)12-14-6-5-7-14/h8-9,13-14,16,19H,3-7,10-12H2,1-2H3. The van der Waals surface area contributed by atoms with Gasteiger partial charge in [-0.3, -0.25) is 0 Å². The van der Waals surface area contributed by atoms with E-state index in [0.29, 0.717) is 19.1 Å². The van der Waals surface area contributed by atoms with Gasteiger partial charge >= 0.3 is 0 Å². The van der Waals surface area contributed by atoms with Gasteiger partial charge in [-0.1, -0.05) is 39.2 Å². The zero-order valence-corrected chi connectivity index (χ0v) is 13.3. The zero-order chi connectivity index (χ0) is 15.1. The highest BCUT2D eigenvalue weighted by Gasteiger charge is 2.22. The molecular weight excluding hydrogens is 264 g/mol. The van der Waals surface area contributed by atoms with E-state index in [1.54, 1.807) is 0 Å². The SMILES string of the molecule is CCCOc1ccc(C(O)CC2CCC2)cc1OCCC. The fourth-order valence-electron chi connectivity index (χ4n) is 2.57. The molecule has 21 heavy (non-hydrogen) atoms. The minimum absolute atomic E-state index is 0.389. The van der Waals surface area contributed by atoms with Gasteiger partial charge in [0.1, 0.15) is 0 Å². The first-order valence-corrected chi connectivity index (χ1v) is 8.32. The first kappa shape index (κ1) is 16.2. The third-order valence-corrected chi connectivity index (χ3v) is 4.06. The maximum atomic E-state index is 10.4. The van der Waals surface area contributed by atoms with Crippen molar-refractivity contribution in [2.45, 2.75) is 58.5 Å². The van der Waals surface area contributed by atoms with Gasteiger partial charge in [0.15, 0.2) is 11.5 Å². The molecule has 0 aromatic heterocycles. The highest BCUT2D eigenvalue weighted by molar-refractivity contribution is 5.43. The highest BCUT2D eigenvalue weighted by atomic mass is 16.5. The third-order valence-electron chi connectivity index (χ3n) is 4.06. The molecule has 0 radical (unpaired) electrons. The van der Waals surface area contributed by atoms with Crippen LogP contribution in [-0.4, -0.2) is 18.3 Å². The summed E-state index contributed by atoms with van der Waals surface area (Å²) in [6.45, 7) is 5.53. The first-order valence-electron chi connectivity index (χ1n) is 8.32. The zero-order valence-electron chi connectivity index (χ0n) is 13.3. The van der Waals surface area contributed by atoms with E-state index >= 15 is 0 Å². The van der Waals surface area contributed by atoms with Crippen molar-refractivity contribution in [1.29, 1.82) is 0 Å². The largest absolute Gasteiger partial charge is 0.490 e. The lowest BCUT2D eigenvalue weighted by Crippen LogP contribution is -2.15. The van der Waals surface area contributed by atoms with Gasteiger partial charge in [0.05, 0.1) is 19.3 Å². The Labute approximate surface area is 128 Å². The van der Waals surface area contributed by atoms with Crippen LogP contribution in [0, 0.1) is 5.92 Å². The second kappa shape index (κ2) is 8.28. The van der Waals surface area contributed by atoms with E-state index < -0.39 is 0 Å². The molecule has 0 saturated heterocycles. The summed E-state index contributed by atoms with van der Waals surface area (Å²) in [6.07, 6.45) is 6.23. The van der Waals surface area contributed by atoms with Crippen molar-refractivity contribution in [1.82, 2.24) is 0 Å². The summed E-state index contributed by atoms with van der Waals surface area (Å²) in [6, 6.07) is 5.84. The number of hydrogen-bond donors (Lipinski definition) is 1. The lowest BCUT2D eigenvalue weighted by molar-refractivity contribution is 0.118. The molecule has 0 amide bonds. The number of rotatable bonds is 9. The van der Waals surface area contributed by atoms with Gasteiger partial charge in [0.25, 0.3) is 0 Å². The van der Waals surface area contributed by atoms with Crippen molar-refractivity contribution in [2.24, 2.45) is 5.92 Å². The van der Waals surface area contributed by atoms with Crippen LogP contribution in [0.1, 0.15) is 64.0 Å². The molecular formula is C18H28O3. The molecule has 3 heteroatoms. The minimum atomic E-state index is -0.389. The minimum Gasteiger partial charge on any atom is -0.490 e. The van der Waals surface area contributed by atoms with E-state index in [-0.39, 0.29) is 6.10 Å². The van der Waals surface area contributed by atoms with Crippen LogP contribution in [0.4, 0.5) is 0 Å². The predicted octanol–water partition coefficient (Wildman–Crippen LogP) is 4.49. The van der Waals surface area contributed by atoms with E-state index in [2.05, 4.69) is 13.8 Å². The van der Waals surface area contributed by atoms with Gasteiger partial charge in [-0.05, 0) is 42.9 Å². The molecule has 1 aliphatic carbocycles. The van der Waals surface area contributed by atoms with Crippen LogP contribution in [0.15, 0.2) is 18.2 Å². The molecule has 1 saturated carbocycles. The molecule has 0 aliphatic heterocycles. The van der Waals surface area contributed by atoms with Crippen LogP contribution in [0.5, 0.6) is 11.5 Å².